The van der Waals surface area contributed by atoms with Crippen molar-refractivity contribution in [1.29, 1.82) is 0 Å². The SMILES string of the molecule is CCc1cc(CC)cc([Si](C)(C2=C(C)C(C)=C(C)C2C)C2CCCCC2)c1. The first kappa shape index (κ1) is 20.6. The molecule has 2 unspecified atom stereocenters. The van der Waals surface area contributed by atoms with Crippen molar-refractivity contribution in [2.45, 2.75) is 98.6 Å². The van der Waals surface area contributed by atoms with E-state index in [1.807, 2.05) is 5.20 Å². The van der Waals surface area contributed by atoms with Crippen LogP contribution in [0, 0.1) is 5.92 Å². The molecule has 0 aliphatic heterocycles. The summed E-state index contributed by atoms with van der Waals surface area (Å²) in [5, 5.41) is 3.59. The van der Waals surface area contributed by atoms with Gasteiger partial charge in [0.05, 0.1) is 0 Å². The fraction of sp³-hybridized carbons (Fsp3) is 0.615. The molecule has 1 aromatic carbocycles. The molecule has 0 N–H and O–H groups in total. The molecule has 148 valence electrons. The van der Waals surface area contributed by atoms with Crippen molar-refractivity contribution in [2.24, 2.45) is 5.92 Å². The van der Waals surface area contributed by atoms with Gasteiger partial charge in [0.25, 0.3) is 0 Å². The summed E-state index contributed by atoms with van der Waals surface area (Å²) in [4.78, 5) is 0. The second kappa shape index (κ2) is 8.11. The maximum absolute atomic E-state index is 2.73. The summed E-state index contributed by atoms with van der Waals surface area (Å²) in [6.45, 7) is 17.0. The van der Waals surface area contributed by atoms with Crippen LogP contribution in [0.4, 0.5) is 0 Å². The molecule has 0 heterocycles. The monoisotopic (exact) mass is 380 g/mol. The summed E-state index contributed by atoms with van der Waals surface area (Å²) in [7, 11) is -1.76. The molecule has 3 rings (SSSR count). The standard InChI is InChI=1S/C26H40Si/c1-8-22-15-23(9-2)17-25(16-22)27(7,24-13-11-10-12-14-24)26-20(5)18(3)19(4)21(26)6/h15-17,20,24H,8-14H2,1-7H3. The van der Waals surface area contributed by atoms with Crippen molar-refractivity contribution in [3.05, 3.63) is 51.2 Å². The lowest BCUT2D eigenvalue weighted by molar-refractivity contribution is 0.493. The topological polar surface area (TPSA) is 0 Å². The maximum Gasteiger partial charge on any atom is 0.114 e. The van der Waals surface area contributed by atoms with Gasteiger partial charge in [0.2, 0.25) is 0 Å². The van der Waals surface area contributed by atoms with Crippen molar-refractivity contribution in [3.8, 4) is 0 Å². The Labute approximate surface area is 169 Å². The number of aryl methyl sites for hydroxylation is 2. The predicted octanol–water partition coefficient (Wildman–Crippen LogP) is 7.27. The number of rotatable bonds is 5. The second-order valence-corrected chi connectivity index (χ2v) is 13.7. The summed E-state index contributed by atoms with van der Waals surface area (Å²) in [5.74, 6) is 0.638. The van der Waals surface area contributed by atoms with Crippen LogP contribution in [0.1, 0.15) is 84.8 Å². The molecule has 0 amide bonds. The van der Waals surface area contributed by atoms with Crippen LogP contribution >= 0.6 is 0 Å². The van der Waals surface area contributed by atoms with Gasteiger partial charge >= 0.3 is 0 Å². The molecule has 2 aliphatic carbocycles. The van der Waals surface area contributed by atoms with Gasteiger partial charge in [0.15, 0.2) is 0 Å². The van der Waals surface area contributed by atoms with Gasteiger partial charge in [-0.25, -0.2) is 0 Å². The van der Waals surface area contributed by atoms with Crippen LogP contribution in [-0.4, -0.2) is 8.07 Å². The summed E-state index contributed by atoms with van der Waals surface area (Å²) in [6, 6.07) is 7.67. The average molecular weight is 381 g/mol. The number of benzene rings is 1. The molecule has 1 saturated carbocycles. The highest BCUT2D eigenvalue weighted by Gasteiger charge is 2.46. The minimum atomic E-state index is -1.76. The van der Waals surface area contributed by atoms with E-state index in [9.17, 15) is 0 Å². The van der Waals surface area contributed by atoms with E-state index in [-0.39, 0.29) is 0 Å². The minimum absolute atomic E-state index is 0.638. The maximum atomic E-state index is 2.73. The van der Waals surface area contributed by atoms with Crippen LogP contribution < -0.4 is 5.19 Å². The first-order valence-electron chi connectivity index (χ1n) is 11.4. The Morgan fingerprint density at radius 3 is 1.85 bits per heavy atom. The molecule has 2 atom stereocenters. The molecule has 0 spiro atoms. The molecule has 0 nitrogen and oxygen atoms in total. The summed E-state index contributed by atoms with van der Waals surface area (Å²) >= 11 is 0. The van der Waals surface area contributed by atoms with Gasteiger partial charge in [0.1, 0.15) is 8.07 Å². The Bertz CT molecular complexity index is 738. The average Bonchev–Trinajstić information content (AvgIpc) is 2.90. The molecule has 1 heteroatoms. The third-order valence-electron chi connectivity index (χ3n) is 8.09. The number of hydrogen-bond acceptors (Lipinski definition) is 0. The molecule has 0 saturated heterocycles. The summed E-state index contributed by atoms with van der Waals surface area (Å²) < 4.78 is 0. The zero-order valence-electron chi connectivity index (χ0n) is 18.8. The van der Waals surface area contributed by atoms with Gasteiger partial charge < -0.3 is 0 Å². The lowest BCUT2D eigenvalue weighted by Crippen LogP contribution is -2.53. The molecular formula is C26H40Si. The van der Waals surface area contributed by atoms with Crippen LogP contribution in [0.2, 0.25) is 12.1 Å². The third kappa shape index (κ3) is 3.53. The second-order valence-electron chi connectivity index (χ2n) is 9.35. The lowest BCUT2D eigenvalue weighted by atomic mass is 10.00. The zero-order chi connectivity index (χ0) is 19.8. The normalized spacial score (nSPS) is 23.9. The predicted molar refractivity (Wildman–Crippen MR) is 124 cm³/mol. The highest BCUT2D eigenvalue weighted by atomic mass is 28.3. The van der Waals surface area contributed by atoms with E-state index >= 15 is 0 Å². The molecule has 27 heavy (non-hydrogen) atoms. The number of allylic oxidation sites excluding steroid dienone is 4. The van der Waals surface area contributed by atoms with Crippen molar-refractivity contribution in [1.82, 2.24) is 0 Å². The van der Waals surface area contributed by atoms with Crippen molar-refractivity contribution < 1.29 is 0 Å². The Balaban J connectivity index is 2.21. The van der Waals surface area contributed by atoms with Gasteiger partial charge in [-0.3, -0.25) is 0 Å². The highest BCUT2D eigenvalue weighted by molar-refractivity contribution is 6.98. The molecule has 1 aromatic rings. The van der Waals surface area contributed by atoms with Gasteiger partial charge in [0, 0.05) is 0 Å². The molecule has 0 bridgehead atoms. The zero-order valence-corrected chi connectivity index (χ0v) is 19.8. The van der Waals surface area contributed by atoms with Crippen LogP contribution in [0.3, 0.4) is 0 Å². The molecule has 1 fully saturated rings. The summed E-state index contributed by atoms with van der Waals surface area (Å²) in [5.41, 5.74) is 8.84. The van der Waals surface area contributed by atoms with Gasteiger partial charge in [-0.15, -0.1) is 0 Å². The van der Waals surface area contributed by atoms with Crippen LogP contribution in [0.15, 0.2) is 40.1 Å². The van der Waals surface area contributed by atoms with E-state index in [1.54, 1.807) is 33.0 Å². The van der Waals surface area contributed by atoms with E-state index in [2.05, 4.69) is 66.3 Å². The molecule has 0 radical (unpaired) electrons. The highest BCUT2D eigenvalue weighted by Crippen LogP contribution is 2.48. The minimum Gasteiger partial charge on any atom is -0.0657 e. The van der Waals surface area contributed by atoms with E-state index in [0.717, 1.165) is 18.4 Å². The third-order valence-corrected chi connectivity index (χ3v) is 13.7. The van der Waals surface area contributed by atoms with Gasteiger partial charge in [-0.05, 0) is 61.8 Å². The fourth-order valence-corrected chi connectivity index (χ4v) is 11.8. The van der Waals surface area contributed by atoms with Crippen LogP contribution in [-0.2, 0) is 12.8 Å². The Morgan fingerprint density at radius 2 is 1.41 bits per heavy atom. The Hall–Kier alpha value is -1.08. The summed E-state index contributed by atoms with van der Waals surface area (Å²) in [6.07, 6.45) is 9.52. The van der Waals surface area contributed by atoms with Crippen LogP contribution in [0.5, 0.6) is 0 Å². The quantitative estimate of drug-likeness (QED) is 0.471. The lowest BCUT2D eigenvalue weighted by Gasteiger charge is -2.43. The van der Waals surface area contributed by atoms with E-state index in [4.69, 9.17) is 0 Å². The largest absolute Gasteiger partial charge is 0.114 e. The van der Waals surface area contributed by atoms with Gasteiger partial charge in [-0.1, -0.05) is 99.2 Å². The first-order chi connectivity index (χ1) is 12.8. The van der Waals surface area contributed by atoms with Crippen molar-refractivity contribution >= 4 is 13.3 Å². The van der Waals surface area contributed by atoms with E-state index in [1.165, 1.54) is 32.1 Å². The first-order valence-corrected chi connectivity index (χ1v) is 13.9. The Kier molecular flexibility index (Phi) is 6.20. The van der Waals surface area contributed by atoms with Crippen LogP contribution in [0.25, 0.3) is 0 Å². The smallest absolute Gasteiger partial charge is 0.0657 e. The van der Waals surface area contributed by atoms with Crippen molar-refractivity contribution in [2.75, 3.05) is 0 Å². The number of hydrogen-bond donors (Lipinski definition) is 0. The molecule has 0 aromatic heterocycles. The van der Waals surface area contributed by atoms with Gasteiger partial charge in [-0.2, -0.15) is 0 Å². The van der Waals surface area contributed by atoms with Crippen molar-refractivity contribution in [3.63, 3.8) is 0 Å². The fourth-order valence-electron chi connectivity index (χ4n) is 5.96. The Morgan fingerprint density at radius 1 is 0.852 bits per heavy atom. The molecular weight excluding hydrogens is 340 g/mol. The van der Waals surface area contributed by atoms with E-state index in [0.29, 0.717) is 5.92 Å². The molecule has 2 aliphatic rings. The van der Waals surface area contributed by atoms with E-state index < -0.39 is 8.07 Å².